The van der Waals surface area contributed by atoms with Crippen molar-refractivity contribution in [1.29, 1.82) is 0 Å². The van der Waals surface area contributed by atoms with Crippen molar-refractivity contribution in [3.8, 4) is 11.5 Å². The normalized spacial score (nSPS) is 11.6. The molecule has 25 heavy (non-hydrogen) atoms. The van der Waals surface area contributed by atoms with E-state index in [1.807, 2.05) is 60.7 Å². The summed E-state index contributed by atoms with van der Waals surface area (Å²) >= 11 is -3.33. The van der Waals surface area contributed by atoms with Gasteiger partial charge in [-0.05, 0) is 0 Å². The average molecular weight is 437 g/mol. The fourth-order valence-electron chi connectivity index (χ4n) is 2.87. The molecule has 0 fully saturated rings. The Hall–Kier alpha value is -2.34. The van der Waals surface area contributed by atoms with Crippen molar-refractivity contribution < 1.29 is 6.15 Å². The molecule has 0 saturated heterocycles. The van der Waals surface area contributed by atoms with Crippen LogP contribution in [-0.4, -0.2) is 29.2 Å². The van der Waals surface area contributed by atoms with Crippen LogP contribution in [0.15, 0.2) is 73.1 Å². The second-order valence-corrected chi connectivity index (χ2v) is 15.4. The molecular formula is C20H18N2O2Sn. The number of hydrogen-bond donors (Lipinski definition) is 0. The summed E-state index contributed by atoms with van der Waals surface area (Å²) in [7, 11) is 0. The Morgan fingerprint density at radius 3 is 1.56 bits per heavy atom. The van der Waals surface area contributed by atoms with Crippen LogP contribution in [0.2, 0.25) is 9.88 Å². The molecule has 0 aliphatic rings. The maximum absolute atomic E-state index is 6.37. The van der Waals surface area contributed by atoms with E-state index in [-0.39, 0.29) is 0 Å². The Morgan fingerprint density at radius 1 is 0.640 bits per heavy atom. The van der Waals surface area contributed by atoms with E-state index in [9.17, 15) is 0 Å². The molecule has 0 spiro atoms. The van der Waals surface area contributed by atoms with E-state index in [1.165, 1.54) is 0 Å². The van der Waals surface area contributed by atoms with E-state index in [0.717, 1.165) is 33.3 Å². The second-order valence-electron chi connectivity index (χ2n) is 6.27. The summed E-state index contributed by atoms with van der Waals surface area (Å²) < 4.78 is 12.7. The van der Waals surface area contributed by atoms with Gasteiger partial charge in [0.15, 0.2) is 0 Å². The number of fused-ring (bicyclic) bond motifs is 2. The van der Waals surface area contributed by atoms with Crippen LogP contribution in [0.1, 0.15) is 0 Å². The number of rotatable bonds is 4. The van der Waals surface area contributed by atoms with Gasteiger partial charge in [-0.1, -0.05) is 0 Å². The third kappa shape index (κ3) is 3.39. The van der Waals surface area contributed by atoms with Gasteiger partial charge < -0.3 is 0 Å². The van der Waals surface area contributed by atoms with Gasteiger partial charge in [-0.25, -0.2) is 0 Å². The topological polar surface area (TPSA) is 44.2 Å². The van der Waals surface area contributed by atoms with Crippen molar-refractivity contribution in [2.45, 2.75) is 9.88 Å². The average Bonchev–Trinajstić information content (AvgIpc) is 2.62. The van der Waals surface area contributed by atoms with E-state index < -0.39 is 19.2 Å². The Morgan fingerprint density at radius 2 is 1.08 bits per heavy atom. The number of pyridine rings is 2. The van der Waals surface area contributed by atoms with Crippen molar-refractivity contribution >= 4 is 41.0 Å². The SMILES string of the molecule is [CH3][Sn]([CH3])([O]c1cccc2cccnc12)[O]c1cccc2cccnc12. The molecule has 0 unspecified atom stereocenters. The minimum atomic E-state index is -3.33. The summed E-state index contributed by atoms with van der Waals surface area (Å²) in [5.74, 6) is 1.57. The van der Waals surface area contributed by atoms with Gasteiger partial charge in [0.05, 0.1) is 0 Å². The number of hydrogen-bond acceptors (Lipinski definition) is 4. The van der Waals surface area contributed by atoms with E-state index in [2.05, 4.69) is 19.8 Å². The van der Waals surface area contributed by atoms with Gasteiger partial charge >= 0.3 is 152 Å². The van der Waals surface area contributed by atoms with Crippen LogP contribution in [0.3, 0.4) is 0 Å². The fraction of sp³-hybridized carbons (Fsp3) is 0.100. The molecule has 0 atom stereocenters. The zero-order valence-electron chi connectivity index (χ0n) is 14.1. The van der Waals surface area contributed by atoms with Crippen LogP contribution in [0.4, 0.5) is 0 Å². The van der Waals surface area contributed by atoms with E-state index in [4.69, 9.17) is 6.15 Å². The predicted molar refractivity (Wildman–Crippen MR) is 102 cm³/mol. The van der Waals surface area contributed by atoms with Gasteiger partial charge in [0, 0.05) is 0 Å². The summed E-state index contributed by atoms with van der Waals surface area (Å²) in [4.78, 5) is 13.1. The molecule has 0 N–H and O–H groups in total. The van der Waals surface area contributed by atoms with E-state index in [0.29, 0.717) is 0 Å². The van der Waals surface area contributed by atoms with Gasteiger partial charge in [0.1, 0.15) is 0 Å². The Labute approximate surface area is 151 Å². The number of para-hydroxylation sites is 2. The molecule has 0 bridgehead atoms. The molecule has 4 nitrogen and oxygen atoms in total. The fourth-order valence-corrected chi connectivity index (χ4v) is 6.95. The number of nitrogens with zero attached hydrogens (tertiary/aromatic N) is 2. The molecule has 2 aromatic heterocycles. The van der Waals surface area contributed by atoms with E-state index >= 15 is 0 Å². The number of benzene rings is 2. The molecule has 0 radical (unpaired) electrons. The van der Waals surface area contributed by atoms with Crippen LogP contribution in [0, 0.1) is 0 Å². The van der Waals surface area contributed by atoms with E-state index in [1.54, 1.807) is 12.4 Å². The molecule has 124 valence electrons. The van der Waals surface area contributed by atoms with Gasteiger partial charge in [-0.15, -0.1) is 0 Å². The molecule has 5 heteroatoms. The molecule has 0 saturated carbocycles. The van der Waals surface area contributed by atoms with Crippen molar-refractivity contribution in [2.75, 3.05) is 0 Å². The predicted octanol–water partition coefficient (Wildman–Crippen LogP) is 4.94. The Kier molecular flexibility index (Phi) is 4.21. The third-order valence-electron chi connectivity index (χ3n) is 3.90. The molecule has 2 heterocycles. The zero-order valence-corrected chi connectivity index (χ0v) is 17.0. The molecule has 4 rings (SSSR count). The minimum absolute atomic E-state index is 0.784. The van der Waals surface area contributed by atoms with Crippen LogP contribution in [0.25, 0.3) is 21.8 Å². The Balaban J connectivity index is 1.67. The summed E-state index contributed by atoms with van der Waals surface area (Å²) in [6, 6.07) is 19.9. The second kappa shape index (κ2) is 6.52. The first-order valence-corrected chi connectivity index (χ1v) is 16.2. The van der Waals surface area contributed by atoms with Crippen LogP contribution in [-0.2, 0) is 0 Å². The standard InChI is InChI=1S/2C9H7NO.2CH3.Sn/c2*11-8-5-1-3-7-4-2-6-10-9(7)8;;;/h2*1-6,11H;2*1H3;/q;;;;+2/p-2. The molecule has 4 aromatic rings. The van der Waals surface area contributed by atoms with Crippen molar-refractivity contribution in [1.82, 2.24) is 9.97 Å². The first-order valence-electron chi connectivity index (χ1n) is 8.18. The summed E-state index contributed by atoms with van der Waals surface area (Å²) in [5.41, 5.74) is 1.74. The summed E-state index contributed by atoms with van der Waals surface area (Å²) in [5, 5.41) is 2.13. The maximum atomic E-state index is 6.37. The molecule has 0 aliphatic heterocycles. The van der Waals surface area contributed by atoms with Gasteiger partial charge in [0.25, 0.3) is 0 Å². The first-order chi connectivity index (χ1) is 12.1. The monoisotopic (exact) mass is 438 g/mol. The molecular weight excluding hydrogens is 419 g/mol. The van der Waals surface area contributed by atoms with Crippen molar-refractivity contribution in [2.24, 2.45) is 0 Å². The Bertz CT molecular complexity index is 956. The van der Waals surface area contributed by atoms with Crippen LogP contribution < -0.4 is 6.15 Å². The zero-order chi connectivity index (χ0) is 17.3. The number of aromatic nitrogens is 2. The molecule has 0 amide bonds. The molecule has 2 aromatic carbocycles. The summed E-state index contributed by atoms with van der Waals surface area (Å²) in [6.45, 7) is 0. The van der Waals surface area contributed by atoms with Crippen molar-refractivity contribution in [3.63, 3.8) is 0 Å². The van der Waals surface area contributed by atoms with Crippen LogP contribution >= 0.6 is 0 Å². The van der Waals surface area contributed by atoms with Crippen LogP contribution in [0.5, 0.6) is 11.5 Å². The quantitative estimate of drug-likeness (QED) is 0.425. The summed E-state index contributed by atoms with van der Waals surface area (Å²) in [6.07, 6.45) is 3.57. The molecule has 0 aliphatic carbocycles. The van der Waals surface area contributed by atoms with Gasteiger partial charge in [0.2, 0.25) is 0 Å². The first kappa shape index (κ1) is 16.1. The van der Waals surface area contributed by atoms with Gasteiger partial charge in [-0.3, -0.25) is 0 Å². The van der Waals surface area contributed by atoms with Gasteiger partial charge in [-0.2, -0.15) is 0 Å². The third-order valence-corrected chi connectivity index (χ3v) is 7.96. The van der Waals surface area contributed by atoms with Crippen molar-refractivity contribution in [3.05, 3.63) is 73.1 Å².